The molecule has 1 rings (SSSR count). The van der Waals surface area contributed by atoms with Crippen LogP contribution < -0.4 is 0 Å². The summed E-state index contributed by atoms with van der Waals surface area (Å²) in [6, 6.07) is 9.95. The number of carbonyl (C=O) groups excluding carboxylic acids is 1. The second-order valence-corrected chi connectivity index (χ2v) is 4.91. The first-order chi connectivity index (χ1) is 8.54. The molecule has 0 aliphatic heterocycles. The number of rotatable bonds is 6. The molecular formula is C15H23NO2. The van der Waals surface area contributed by atoms with Crippen molar-refractivity contribution in [3.05, 3.63) is 35.9 Å². The lowest BCUT2D eigenvalue weighted by Crippen LogP contribution is -2.27. The molecule has 100 valence electrons. The zero-order valence-electron chi connectivity index (χ0n) is 11.7. The van der Waals surface area contributed by atoms with Gasteiger partial charge in [-0.1, -0.05) is 44.2 Å². The molecule has 0 fully saturated rings. The smallest absolute Gasteiger partial charge is 0.306 e. The van der Waals surface area contributed by atoms with Gasteiger partial charge in [-0.05, 0) is 19.7 Å². The number of esters is 1. The van der Waals surface area contributed by atoms with Crippen LogP contribution in [0.2, 0.25) is 0 Å². The molecular weight excluding hydrogens is 226 g/mol. The van der Waals surface area contributed by atoms with E-state index < -0.39 is 0 Å². The lowest BCUT2D eigenvalue weighted by molar-refractivity contribution is -0.152. The third-order valence-corrected chi connectivity index (χ3v) is 2.85. The zero-order valence-corrected chi connectivity index (χ0v) is 11.7. The van der Waals surface area contributed by atoms with Gasteiger partial charge in [0.2, 0.25) is 0 Å². The maximum Gasteiger partial charge on any atom is 0.306 e. The van der Waals surface area contributed by atoms with E-state index in [2.05, 4.69) is 11.8 Å². The third kappa shape index (κ3) is 4.49. The zero-order chi connectivity index (χ0) is 13.5. The fraction of sp³-hybridized carbons (Fsp3) is 0.533. The van der Waals surface area contributed by atoms with Gasteiger partial charge in [-0.25, -0.2) is 0 Å². The van der Waals surface area contributed by atoms with Crippen LogP contribution >= 0.6 is 0 Å². The fourth-order valence-electron chi connectivity index (χ4n) is 2.05. The number of nitrogens with zero attached hydrogens (tertiary/aromatic N) is 1. The van der Waals surface area contributed by atoms with Crippen LogP contribution in [0.15, 0.2) is 30.3 Å². The molecule has 3 heteroatoms. The molecule has 0 saturated carbocycles. The maximum atomic E-state index is 11.5. The van der Waals surface area contributed by atoms with Crippen molar-refractivity contribution in [3.8, 4) is 0 Å². The van der Waals surface area contributed by atoms with E-state index in [1.54, 1.807) is 0 Å². The van der Waals surface area contributed by atoms with Gasteiger partial charge in [0.1, 0.15) is 6.10 Å². The summed E-state index contributed by atoms with van der Waals surface area (Å²) in [6.45, 7) is 4.82. The van der Waals surface area contributed by atoms with Crippen molar-refractivity contribution in [3.63, 3.8) is 0 Å². The lowest BCUT2D eigenvalue weighted by Gasteiger charge is -2.26. The van der Waals surface area contributed by atoms with Crippen molar-refractivity contribution < 1.29 is 9.53 Å². The van der Waals surface area contributed by atoms with E-state index in [4.69, 9.17) is 4.74 Å². The molecule has 3 nitrogen and oxygen atoms in total. The molecule has 0 aliphatic rings. The minimum atomic E-state index is -0.166. The second kappa shape index (κ2) is 7.17. The highest BCUT2D eigenvalue weighted by atomic mass is 16.5. The van der Waals surface area contributed by atoms with Crippen LogP contribution in [0.25, 0.3) is 0 Å². The molecule has 1 aromatic rings. The minimum absolute atomic E-state index is 0.144. The van der Waals surface area contributed by atoms with E-state index in [0.717, 1.165) is 12.1 Å². The Labute approximate surface area is 110 Å². The normalized spacial score (nSPS) is 14.3. The highest BCUT2D eigenvalue weighted by Gasteiger charge is 2.23. The molecule has 0 aromatic heterocycles. The van der Waals surface area contributed by atoms with E-state index >= 15 is 0 Å². The van der Waals surface area contributed by atoms with E-state index in [0.29, 0.717) is 6.42 Å². The molecule has 2 unspecified atom stereocenters. The molecule has 0 saturated heterocycles. The van der Waals surface area contributed by atoms with Gasteiger partial charge in [0.05, 0.1) is 0 Å². The first kappa shape index (κ1) is 14.7. The van der Waals surface area contributed by atoms with E-state index in [9.17, 15) is 4.79 Å². The first-order valence-corrected chi connectivity index (χ1v) is 6.43. The number of hydrogen-bond donors (Lipinski definition) is 0. The standard InChI is InChI=1S/C15H23NO2/c1-5-14(17)18-15(12(2)11-16(3)4)13-9-7-6-8-10-13/h6-10,12,15H,5,11H2,1-4H3. The molecule has 0 aliphatic carbocycles. The van der Waals surface area contributed by atoms with Gasteiger partial charge < -0.3 is 9.64 Å². The second-order valence-electron chi connectivity index (χ2n) is 4.91. The van der Waals surface area contributed by atoms with Crippen LogP contribution in [0.5, 0.6) is 0 Å². The van der Waals surface area contributed by atoms with Crippen molar-refractivity contribution >= 4 is 5.97 Å². The Morgan fingerprint density at radius 1 is 1.28 bits per heavy atom. The maximum absolute atomic E-state index is 11.5. The van der Waals surface area contributed by atoms with Gasteiger partial charge in [0, 0.05) is 18.9 Å². The highest BCUT2D eigenvalue weighted by molar-refractivity contribution is 5.69. The predicted molar refractivity (Wildman–Crippen MR) is 73.3 cm³/mol. The van der Waals surface area contributed by atoms with Crippen LogP contribution in [0.3, 0.4) is 0 Å². The predicted octanol–water partition coefficient (Wildman–Crippen LogP) is 2.88. The van der Waals surface area contributed by atoms with Crippen molar-refractivity contribution in [1.82, 2.24) is 4.90 Å². The first-order valence-electron chi connectivity index (χ1n) is 6.43. The van der Waals surface area contributed by atoms with Gasteiger partial charge in [-0.15, -0.1) is 0 Å². The average Bonchev–Trinajstić information content (AvgIpc) is 2.35. The Morgan fingerprint density at radius 2 is 1.89 bits per heavy atom. The SMILES string of the molecule is CCC(=O)OC(c1ccccc1)C(C)CN(C)C. The van der Waals surface area contributed by atoms with E-state index in [-0.39, 0.29) is 18.0 Å². The lowest BCUT2D eigenvalue weighted by atomic mass is 9.97. The quantitative estimate of drug-likeness (QED) is 0.726. The molecule has 2 atom stereocenters. The van der Waals surface area contributed by atoms with Crippen LogP contribution in [0, 0.1) is 5.92 Å². The number of hydrogen-bond acceptors (Lipinski definition) is 3. The van der Waals surface area contributed by atoms with Crippen molar-refractivity contribution in [2.75, 3.05) is 20.6 Å². The monoisotopic (exact) mass is 249 g/mol. The van der Waals surface area contributed by atoms with Gasteiger partial charge >= 0.3 is 5.97 Å². The van der Waals surface area contributed by atoms with Crippen molar-refractivity contribution in [2.45, 2.75) is 26.4 Å². The molecule has 0 N–H and O–H groups in total. The molecule has 0 radical (unpaired) electrons. The summed E-state index contributed by atoms with van der Waals surface area (Å²) in [6.07, 6.45) is 0.249. The van der Waals surface area contributed by atoms with Gasteiger partial charge in [0.25, 0.3) is 0 Å². The summed E-state index contributed by atoms with van der Waals surface area (Å²) in [4.78, 5) is 13.7. The Kier molecular flexibility index (Phi) is 5.86. The van der Waals surface area contributed by atoms with E-state index in [1.165, 1.54) is 0 Å². The summed E-state index contributed by atoms with van der Waals surface area (Å²) in [5.74, 6) is 0.118. The number of carbonyl (C=O) groups is 1. The van der Waals surface area contributed by atoms with Gasteiger partial charge in [-0.3, -0.25) is 4.79 Å². The summed E-state index contributed by atoms with van der Waals surface area (Å²) in [7, 11) is 4.06. The summed E-state index contributed by atoms with van der Waals surface area (Å²) in [5.41, 5.74) is 1.06. The van der Waals surface area contributed by atoms with Crippen LogP contribution in [-0.4, -0.2) is 31.5 Å². The molecule has 0 amide bonds. The minimum Gasteiger partial charge on any atom is -0.457 e. The average molecular weight is 249 g/mol. The van der Waals surface area contributed by atoms with E-state index in [1.807, 2.05) is 51.4 Å². The highest BCUT2D eigenvalue weighted by Crippen LogP contribution is 2.26. The van der Waals surface area contributed by atoms with Crippen molar-refractivity contribution in [1.29, 1.82) is 0 Å². The Morgan fingerprint density at radius 3 is 2.39 bits per heavy atom. The summed E-state index contributed by atoms with van der Waals surface area (Å²) >= 11 is 0. The molecule has 0 spiro atoms. The molecule has 0 heterocycles. The number of benzene rings is 1. The Hall–Kier alpha value is -1.35. The number of ether oxygens (including phenoxy) is 1. The largest absolute Gasteiger partial charge is 0.457 e. The van der Waals surface area contributed by atoms with Crippen LogP contribution in [0.4, 0.5) is 0 Å². The molecule has 0 bridgehead atoms. The third-order valence-electron chi connectivity index (χ3n) is 2.85. The summed E-state index contributed by atoms with van der Waals surface area (Å²) < 4.78 is 5.58. The van der Waals surface area contributed by atoms with Crippen molar-refractivity contribution in [2.24, 2.45) is 5.92 Å². The van der Waals surface area contributed by atoms with Crippen LogP contribution in [0.1, 0.15) is 31.9 Å². The fourth-order valence-corrected chi connectivity index (χ4v) is 2.05. The molecule has 18 heavy (non-hydrogen) atoms. The Balaban J connectivity index is 2.84. The topological polar surface area (TPSA) is 29.5 Å². The van der Waals surface area contributed by atoms with Gasteiger partial charge in [0.15, 0.2) is 0 Å². The summed E-state index contributed by atoms with van der Waals surface area (Å²) in [5, 5.41) is 0. The van der Waals surface area contributed by atoms with Gasteiger partial charge in [-0.2, -0.15) is 0 Å². The van der Waals surface area contributed by atoms with Crippen LogP contribution in [-0.2, 0) is 9.53 Å². The Bertz CT molecular complexity index is 362. The molecule has 1 aromatic carbocycles.